The van der Waals surface area contributed by atoms with Gasteiger partial charge in [-0.15, -0.1) is 0 Å². The van der Waals surface area contributed by atoms with Crippen molar-refractivity contribution in [1.82, 2.24) is 14.5 Å². The van der Waals surface area contributed by atoms with E-state index in [0.717, 1.165) is 21.9 Å². The predicted octanol–water partition coefficient (Wildman–Crippen LogP) is 5.10. The number of carbonyl (C=O) groups is 1. The highest BCUT2D eigenvalue weighted by atomic mass is 32.2. The third-order valence-electron chi connectivity index (χ3n) is 5.43. The summed E-state index contributed by atoms with van der Waals surface area (Å²) < 4.78 is 7.05. The summed E-state index contributed by atoms with van der Waals surface area (Å²) >= 11 is 1.40. The Morgan fingerprint density at radius 3 is 2.72 bits per heavy atom. The topological polar surface area (TPSA) is 57.0 Å². The number of ether oxygens (including phenoxy) is 1. The van der Waals surface area contributed by atoms with Crippen molar-refractivity contribution in [2.24, 2.45) is 0 Å². The smallest absolute Gasteiger partial charge is 0.318 e. The Labute approximate surface area is 173 Å². The molecule has 1 fully saturated rings. The van der Waals surface area contributed by atoms with Gasteiger partial charge in [0.2, 0.25) is 0 Å². The molecule has 2 aromatic carbocycles. The van der Waals surface area contributed by atoms with Gasteiger partial charge in [-0.05, 0) is 48.8 Å². The number of hydrogen-bond donors (Lipinski definition) is 0. The summed E-state index contributed by atoms with van der Waals surface area (Å²) in [7, 11) is 1.41. The molecule has 1 aliphatic rings. The molecule has 1 unspecified atom stereocenters. The van der Waals surface area contributed by atoms with Crippen LogP contribution < -0.4 is 0 Å². The number of thioether (sulfide) groups is 1. The SMILES string of the molecule is COC(=O)C(C)Sc1nc2cnccc2n1-c1ccc(C2CC2)c2ccccc12. The zero-order chi connectivity index (χ0) is 20.0. The molecule has 0 bridgehead atoms. The number of imidazole rings is 1. The normalized spacial score (nSPS) is 15.0. The number of pyridine rings is 1. The van der Waals surface area contributed by atoms with Gasteiger partial charge < -0.3 is 4.74 Å². The van der Waals surface area contributed by atoms with Crippen LogP contribution in [0.25, 0.3) is 27.5 Å². The van der Waals surface area contributed by atoms with E-state index >= 15 is 0 Å². The van der Waals surface area contributed by atoms with Crippen LogP contribution in [0.15, 0.2) is 60.0 Å². The van der Waals surface area contributed by atoms with Gasteiger partial charge in [-0.1, -0.05) is 42.1 Å². The molecular formula is C23H21N3O2S. The number of methoxy groups -OCH3 is 1. The van der Waals surface area contributed by atoms with Gasteiger partial charge in [0.25, 0.3) is 0 Å². The lowest BCUT2D eigenvalue weighted by molar-refractivity contribution is -0.139. The Hall–Kier alpha value is -2.86. The quantitative estimate of drug-likeness (QED) is 0.343. The molecule has 2 aromatic heterocycles. The molecule has 146 valence electrons. The fraction of sp³-hybridized carbons (Fsp3) is 0.261. The molecule has 29 heavy (non-hydrogen) atoms. The van der Waals surface area contributed by atoms with Gasteiger partial charge in [0.1, 0.15) is 10.8 Å². The fourth-order valence-electron chi connectivity index (χ4n) is 3.85. The lowest BCUT2D eigenvalue weighted by Gasteiger charge is -2.16. The summed E-state index contributed by atoms with van der Waals surface area (Å²) in [6.07, 6.45) is 6.07. The van der Waals surface area contributed by atoms with Gasteiger partial charge in [0.05, 0.1) is 24.5 Å². The number of aromatic nitrogens is 3. The molecule has 0 amide bonds. The van der Waals surface area contributed by atoms with Crippen molar-refractivity contribution in [1.29, 1.82) is 0 Å². The maximum absolute atomic E-state index is 12.0. The summed E-state index contributed by atoms with van der Waals surface area (Å²) in [6, 6.07) is 15.0. The monoisotopic (exact) mass is 403 g/mol. The summed E-state index contributed by atoms with van der Waals surface area (Å²) in [6.45, 7) is 1.84. The molecule has 2 heterocycles. The third-order valence-corrected chi connectivity index (χ3v) is 6.46. The van der Waals surface area contributed by atoms with Crippen molar-refractivity contribution < 1.29 is 9.53 Å². The van der Waals surface area contributed by atoms with Crippen LogP contribution in [0.2, 0.25) is 0 Å². The van der Waals surface area contributed by atoms with Gasteiger partial charge in [0, 0.05) is 11.6 Å². The highest BCUT2D eigenvalue weighted by Crippen LogP contribution is 2.44. The van der Waals surface area contributed by atoms with Crippen molar-refractivity contribution in [3.05, 3.63) is 60.4 Å². The number of nitrogens with zero attached hydrogens (tertiary/aromatic N) is 3. The minimum atomic E-state index is -0.361. The molecule has 1 aliphatic carbocycles. The van der Waals surface area contributed by atoms with Crippen LogP contribution in [0.5, 0.6) is 0 Å². The van der Waals surface area contributed by atoms with Crippen molar-refractivity contribution in [2.45, 2.75) is 36.1 Å². The van der Waals surface area contributed by atoms with E-state index in [-0.39, 0.29) is 11.2 Å². The first-order valence-electron chi connectivity index (χ1n) is 9.76. The van der Waals surface area contributed by atoms with Gasteiger partial charge in [-0.3, -0.25) is 14.3 Å². The van der Waals surface area contributed by atoms with Crippen molar-refractivity contribution in [3.8, 4) is 5.69 Å². The van der Waals surface area contributed by atoms with E-state index in [1.165, 1.54) is 48.0 Å². The van der Waals surface area contributed by atoms with E-state index in [4.69, 9.17) is 9.72 Å². The molecule has 0 spiro atoms. The van der Waals surface area contributed by atoms with Gasteiger partial charge in [-0.2, -0.15) is 0 Å². The average molecular weight is 404 g/mol. The van der Waals surface area contributed by atoms with Crippen molar-refractivity contribution >= 4 is 39.5 Å². The molecule has 1 atom stereocenters. The van der Waals surface area contributed by atoms with Crippen LogP contribution in [0, 0.1) is 0 Å². The molecular weight excluding hydrogens is 382 g/mol. The molecule has 0 aliphatic heterocycles. The van der Waals surface area contributed by atoms with E-state index < -0.39 is 0 Å². The lowest BCUT2D eigenvalue weighted by Crippen LogP contribution is -2.15. The Balaban J connectivity index is 1.73. The van der Waals surface area contributed by atoms with E-state index in [2.05, 4.69) is 45.9 Å². The Morgan fingerprint density at radius 2 is 1.97 bits per heavy atom. The summed E-state index contributed by atoms with van der Waals surface area (Å²) in [5, 5.41) is 2.89. The fourth-order valence-corrected chi connectivity index (χ4v) is 4.81. The van der Waals surface area contributed by atoms with E-state index in [1.54, 1.807) is 12.4 Å². The maximum Gasteiger partial charge on any atom is 0.318 e. The Bertz CT molecular complexity index is 1230. The van der Waals surface area contributed by atoms with Gasteiger partial charge >= 0.3 is 5.97 Å². The zero-order valence-corrected chi connectivity index (χ0v) is 17.1. The average Bonchev–Trinajstić information content (AvgIpc) is 3.53. The minimum Gasteiger partial charge on any atom is -0.468 e. The molecule has 0 saturated heterocycles. The molecule has 6 heteroatoms. The van der Waals surface area contributed by atoms with E-state index in [9.17, 15) is 4.79 Å². The number of carbonyl (C=O) groups excluding carboxylic acids is 1. The number of fused-ring (bicyclic) bond motifs is 2. The summed E-state index contributed by atoms with van der Waals surface area (Å²) in [4.78, 5) is 21.0. The van der Waals surface area contributed by atoms with Crippen LogP contribution >= 0.6 is 11.8 Å². The second-order valence-electron chi connectivity index (χ2n) is 7.37. The first-order chi connectivity index (χ1) is 14.2. The molecule has 4 aromatic rings. The summed E-state index contributed by atoms with van der Waals surface area (Å²) in [5.41, 5.74) is 4.28. The van der Waals surface area contributed by atoms with Gasteiger partial charge in [0.15, 0.2) is 5.16 Å². The zero-order valence-electron chi connectivity index (χ0n) is 16.3. The van der Waals surface area contributed by atoms with Crippen LogP contribution in [0.1, 0.15) is 31.2 Å². The Kier molecular flexibility index (Phi) is 4.51. The first kappa shape index (κ1) is 18.2. The second-order valence-corrected chi connectivity index (χ2v) is 8.68. The molecule has 5 nitrogen and oxygen atoms in total. The second kappa shape index (κ2) is 7.19. The lowest BCUT2D eigenvalue weighted by atomic mass is 9.99. The van der Waals surface area contributed by atoms with Crippen molar-refractivity contribution in [3.63, 3.8) is 0 Å². The molecule has 5 rings (SSSR count). The maximum atomic E-state index is 12.0. The molecule has 0 N–H and O–H groups in total. The summed E-state index contributed by atoms with van der Waals surface area (Å²) in [5.74, 6) is 0.409. The minimum absolute atomic E-state index is 0.263. The highest BCUT2D eigenvalue weighted by molar-refractivity contribution is 8.00. The number of rotatable bonds is 5. The first-order valence-corrected chi connectivity index (χ1v) is 10.6. The predicted molar refractivity (Wildman–Crippen MR) is 116 cm³/mol. The standard InChI is InChI=1S/C23H21N3O2S/c1-14(22(27)28-2)29-23-25-19-13-24-12-11-21(19)26(23)20-10-9-16(15-7-8-15)17-5-3-4-6-18(17)20/h3-6,9-15H,7-8H2,1-2H3. The van der Waals surface area contributed by atoms with Gasteiger partial charge in [-0.25, -0.2) is 4.98 Å². The number of hydrogen-bond acceptors (Lipinski definition) is 5. The number of esters is 1. The van der Waals surface area contributed by atoms with Crippen LogP contribution in [0.4, 0.5) is 0 Å². The van der Waals surface area contributed by atoms with E-state index in [1.807, 2.05) is 13.0 Å². The van der Waals surface area contributed by atoms with Crippen LogP contribution in [-0.4, -0.2) is 32.9 Å². The third kappa shape index (κ3) is 3.17. The van der Waals surface area contributed by atoms with E-state index in [0.29, 0.717) is 5.92 Å². The van der Waals surface area contributed by atoms with Crippen LogP contribution in [0.3, 0.4) is 0 Å². The Morgan fingerprint density at radius 1 is 1.17 bits per heavy atom. The highest BCUT2D eigenvalue weighted by Gasteiger charge is 2.27. The molecule has 0 radical (unpaired) electrons. The molecule has 1 saturated carbocycles. The number of benzene rings is 2. The van der Waals surface area contributed by atoms with Crippen LogP contribution in [-0.2, 0) is 9.53 Å². The van der Waals surface area contributed by atoms with Crippen molar-refractivity contribution in [2.75, 3.05) is 7.11 Å². The largest absolute Gasteiger partial charge is 0.468 e.